The van der Waals surface area contributed by atoms with Crippen molar-refractivity contribution >= 4 is 10.9 Å². The first-order chi connectivity index (χ1) is 8.01. The lowest BCUT2D eigenvalue weighted by Gasteiger charge is -2.25. The molecule has 0 aliphatic heterocycles. The van der Waals surface area contributed by atoms with Crippen LogP contribution in [0, 0.1) is 6.92 Å². The lowest BCUT2D eigenvalue weighted by atomic mass is 9.91. The Labute approximate surface area is 103 Å². The van der Waals surface area contributed by atoms with Crippen molar-refractivity contribution in [2.24, 2.45) is 0 Å². The second kappa shape index (κ2) is 4.19. The van der Waals surface area contributed by atoms with E-state index >= 15 is 0 Å². The molecule has 0 radical (unpaired) electrons. The molecule has 2 rings (SSSR count). The molecule has 0 bridgehead atoms. The number of hydrogen-bond donors (Lipinski definition) is 2. The van der Waals surface area contributed by atoms with E-state index in [4.69, 9.17) is 0 Å². The Morgan fingerprint density at radius 1 is 1.29 bits per heavy atom. The van der Waals surface area contributed by atoms with Crippen LogP contribution >= 0.6 is 0 Å². The van der Waals surface area contributed by atoms with Gasteiger partial charge in [0.25, 0.3) is 0 Å². The van der Waals surface area contributed by atoms with Crippen LogP contribution in [-0.4, -0.2) is 12.0 Å². The maximum atomic E-state index is 3.55. The normalized spacial score (nSPS) is 12.3. The zero-order chi connectivity index (χ0) is 12.6. The molecule has 2 aromatic rings. The largest absolute Gasteiger partial charge is 0.358 e. The molecule has 0 unspecified atom stereocenters. The van der Waals surface area contributed by atoms with Crippen LogP contribution in [0.25, 0.3) is 10.9 Å². The van der Waals surface area contributed by atoms with Gasteiger partial charge in [-0.15, -0.1) is 0 Å². The predicted octanol–water partition coefficient (Wildman–Crippen LogP) is 3.49. The topological polar surface area (TPSA) is 27.8 Å². The molecule has 0 aliphatic rings. The minimum atomic E-state index is -0.00526. The van der Waals surface area contributed by atoms with Gasteiger partial charge in [0.05, 0.1) is 0 Å². The highest BCUT2D eigenvalue weighted by atomic mass is 14.9. The third-order valence-corrected chi connectivity index (χ3v) is 3.74. The van der Waals surface area contributed by atoms with Gasteiger partial charge >= 0.3 is 0 Å². The summed E-state index contributed by atoms with van der Waals surface area (Å²) >= 11 is 0. The number of aromatic nitrogens is 1. The van der Waals surface area contributed by atoms with E-state index in [1.165, 1.54) is 27.7 Å². The fourth-order valence-corrected chi connectivity index (χ4v) is 2.63. The molecule has 0 saturated carbocycles. The molecule has 92 valence electrons. The summed E-state index contributed by atoms with van der Waals surface area (Å²) in [6.07, 6.45) is 1.07. The highest BCUT2D eigenvalue weighted by Crippen LogP contribution is 2.32. The van der Waals surface area contributed by atoms with Crippen LogP contribution in [0.15, 0.2) is 18.2 Å². The quantitative estimate of drug-likeness (QED) is 0.830. The maximum Gasteiger partial charge on any atom is 0.0492 e. The smallest absolute Gasteiger partial charge is 0.0492 e. The Morgan fingerprint density at radius 3 is 2.59 bits per heavy atom. The van der Waals surface area contributed by atoms with Crippen molar-refractivity contribution < 1.29 is 0 Å². The van der Waals surface area contributed by atoms with Crippen molar-refractivity contribution in [3.63, 3.8) is 0 Å². The molecular formula is C15H22N2. The molecule has 1 aromatic carbocycles. The van der Waals surface area contributed by atoms with Crippen LogP contribution in [0.5, 0.6) is 0 Å². The van der Waals surface area contributed by atoms with Crippen molar-refractivity contribution in [3.8, 4) is 0 Å². The number of nitrogens with one attached hydrogen (secondary N) is 2. The average molecular weight is 230 g/mol. The number of rotatable bonds is 3. The standard InChI is InChI=1S/C15H22N2/c1-6-11-8-7-9-12-13(15(3,4)16-5)10(2)17-14(11)12/h7-9,16-17H,6H2,1-5H3. The van der Waals surface area contributed by atoms with E-state index in [2.05, 4.69) is 56.2 Å². The zero-order valence-electron chi connectivity index (χ0n) is 11.4. The molecule has 1 aromatic heterocycles. The number of aryl methyl sites for hydroxylation is 2. The SMILES string of the molecule is CCc1cccc2c(C(C)(C)NC)c(C)[nH]c12. The number of para-hydroxylation sites is 1. The molecule has 0 fully saturated rings. The van der Waals surface area contributed by atoms with E-state index in [9.17, 15) is 0 Å². The Balaban J connectivity index is 2.77. The highest BCUT2D eigenvalue weighted by molar-refractivity contribution is 5.88. The van der Waals surface area contributed by atoms with Gasteiger partial charge in [-0.25, -0.2) is 0 Å². The van der Waals surface area contributed by atoms with Crippen LogP contribution in [0.3, 0.4) is 0 Å². The first-order valence-corrected chi connectivity index (χ1v) is 6.30. The fourth-order valence-electron chi connectivity index (χ4n) is 2.63. The summed E-state index contributed by atoms with van der Waals surface area (Å²) in [5.74, 6) is 0. The number of fused-ring (bicyclic) bond motifs is 1. The zero-order valence-corrected chi connectivity index (χ0v) is 11.4. The Hall–Kier alpha value is -1.28. The van der Waals surface area contributed by atoms with Gasteiger partial charge in [-0.3, -0.25) is 0 Å². The lowest BCUT2D eigenvalue weighted by molar-refractivity contribution is 0.446. The minimum Gasteiger partial charge on any atom is -0.358 e. The van der Waals surface area contributed by atoms with E-state index in [0.717, 1.165) is 6.42 Å². The van der Waals surface area contributed by atoms with Crippen molar-refractivity contribution in [2.45, 2.75) is 39.7 Å². The molecule has 0 aliphatic carbocycles. The van der Waals surface area contributed by atoms with Crippen molar-refractivity contribution in [2.75, 3.05) is 7.05 Å². The molecule has 0 amide bonds. The first-order valence-electron chi connectivity index (χ1n) is 6.30. The molecule has 17 heavy (non-hydrogen) atoms. The maximum absolute atomic E-state index is 3.55. The molecule has 2 N–H and O–H groups in total. The monoisotopic (exact) mass is 230 g/mol. The summed E-state index contributed by atoms with van der Waals surface area (Å²) in [4.78, 5) is 3.55. The summed E-state index contributed by atoms with van der Waals surface area (Å²) in [5, 5.41) is 4.74. The second-order valence-corrected chi connectivity index (χ2v) is 5.19. The van der Waals surface area contributed by atoms with E-state index in [-0.39, 0.29) is 5.54 Å². The van der Waals surface area contributed by atoms with Crippen LogP contribution in [0.4, 0.5) is 0 Å². The Kier molecular flexibility index (Phi) is 3.00. The second-order valence-electron chi connectivity index (χ2n) is 5.19. The van der Waals surface area contributed by atoms with Gasteiger partial charge in [-0.2, -0.15) is 0 Å². The van der Waals surface area contributed by atoms with Gasteiger partial charge in [0.1, 0.15) is 0 Å². The van der Waals surface area contributed by atoms with Gasteiger partial charge in [-0.1, -0.05) is 25.1 Å². The van der Waals surface area contributed by atoms with E-state index < -0.39 is 0 Å². The predicted molar refractivity (Wildman–Crippen MR) is 74.5 cm³/mol. The van der Waals surface area contributed by atoms with Crippen molar-refractivity contribution in [1.82, 2.24) is 10.3 Å². The van der Waals surface area contributed by atoms with E-state index in [1.54, 1.807) is 0 Å². The summed E-state index contributed by atoms with van der Waals surface area (Å²) < 4.78 is 0. The first kappa shape index (κ1) is 12.2. The molecule has 1 heterocycles. The Bertz CT molecular complexity index is 535. The summed E-state index contributed by atoms with van der Waals surface area (Å²) in [6.45, 7) is 8.81. The van der Waals surface area contributed by atoms with Crippen LogP contribution in [0.2, 0.25) is 0 Å². The highest BCUT2D eigenvalue weighted by Gasteiger charge is 2.24. The van der Waals surface area contributed by atoms with Gasteiger partial charge < -0.3 is 10.3 Å². The van der Waals surface area contributed by atoms with Gasteiger partial charge in [0, 0.05) is 22.1 Å². The lowest BCUT2D eigenvalue weighted by Crippen LogP contribution is -2.33. The van der Waals surface area contributed by atoms with Crippen molar-refractivity contribution in [1.29, 1.82) is 0 Å². The van der Waals surface area contributed by atoms with Gasteiger partial charge in [0.15, 0.2) is 0 Å². The number of hydrogen-bond acceptors (Lipinski definition) is 1. The summed E-state index contributed by atoms with van der Waals surface area (Å²) in [5.41, 5.74) is 5.33. The van der Waals surface area contributed by atoms with Gasteiger partial charge in [-0.05, 0) is 45.4 Å². The summed E-state index contributed by atoms with van der Waals surface area (Å²) in [7, 11) is 2.02. The van der Waals surface area contributed by atoms with Gasteiger partial charge in [0.2, 0.25) is 0 Å². The average Bonchev–Trinajstić information content (AvgIpc) is 2.65. The molecular weight excluding hydrogens is 208 g/mol. The summed E-state index contributed by atoms with van der Waals surface area (Å²) in [6, 6.07) is 6.57. The number of H-pyrrole nitrogens is 1. The third-order valence-electron chi connectivity index (χ3n) is 3.74. The van der Waals surface area contributed by atoms with Crippen molar-refractivity contribution in [3.05, 3.63) is 35.0 Å². The molecule has 2 heteroatoms. The molecule has 0 saturated heterocycles. The number of benzene rings is 1. The molecule has 0 spiro atoms. The third kappa shape index (κ3) is 1.87. The van der Waals surface area contributed by atoms with Crippen LogP contribution < -0.4 is 5.32 Å². The minimum absolute atomic E-state index is 0.00526. The van der Waals surface area contributed by atoms with Crippen LogP contribution in [0.1, 0.15) is 37.6 Å². The fraction of sp³-hybridized carbons (Fsp3) is 0.467. The van der Waals surface area contributed by atoms with E-state index in [0.29, 0.717) is 0 Å². The number of aromatic amines is 1. The Morgan fingerprint density at radius 2 is 2.00 bits per heavy atom. The molecule has 0 atom stereocenters. The molecule has 2 nitrogen and oxygen atoms in total. The van der Waals surface area contributed by atoms with Crippen LogP contribution in [-0.2, 0) is 12.0 Å². The van der Waals surface area contributed by atoms with E-state index in [1.807, 2.05) is 7.05 Å².